The monoisotopic (exact) mass is 273 g/mol. The second kappa shape index (κ2) is 5.44. The maximum Gasteiger partial charge on any atom is 0.137 e. The second-order valence-electron chi connectivity index (χ2n) is 6.19. The summed E-state index contributed by atoms with van der Waals surface area (Å²) in [5.74, 6) is 0.981. The summed E-state index contributed by atoms with van der Waals surface area (Å²) in [6, 6.07) is 4.18. The van der Waals surface area contributed by atoms with E-state index >= 15 is 0 Å². The molecule has 0 bridgehead atoms. The first-order valence-electron chi connectivity index (χ1n) is 7.52. The fourth-order valence-electron chi connectivity index (χ4n) is 3.16. The zero-order chi connectivity index (χ0) is 14.1. The lowest BCUT2D eigenvalue weighted by molar-refractivity contribution is 0.139. The SMILES string of the molecule is CC(C)N1CCCC(Cc2cn3cc(O)ccc3n2)C1. The van der Waals surface area contributed by atoms with Gasteiger partial charge in [-0.05, 0) is 57.7 Å². The molecule has 1 aliphatic rings. The van der Waals surface area contributed by atoms with E-state index in [-0.39, 0.29) is 5.75 Å². The van der Waals surface area contributed by atoms with Crippen molar-refractivity contribution in [3.8, 4) is 5.75 Å². The third-order valence-corrected chi connectivity index (χ3v) is 4.26. The minimum absolute atomic E-state index is 0.282. The fraction of sp³-hybridized carbons (Fsp3) is 0.562. The van der Waals surface area contributed by atoms with Gasteiger partial charge in [0.25, 0.3) is 0 Å². The Hall–Kier alpha value is -1.55. The number of aromatic nitrogens is 2. The summed E-state index contributed by atoms with van der Waals surface area (Å²) in [4.78, 5) is 7.22. The molecule has 2 aromatic heterocycles. The van der Waals surface area contributed by atoms with Crippen LogP contribution in [0.1, 0.15) is 32.4 Å². The predicted octanol–water partition coefficient (Wildman–Crippen LogP) is 2.70. The Balaban J connectivity index is 1.72. The molecule has 0 aliphatic carbocycles. The molecule has 4 nitrogen and oxygen atoms in total. The zero-order valence-corrected chi connectivity index (χ0v) is 12.3. The van der Waals surface area contributed by atoms with Gasteiger partial charge in [-0.2, -0.15) is 0 Å². The highest BCUT2D eigenvalue weighted by atomic mass is 16.3. The largest absolute Gasteiger partial charge is 0.506 e. The van der Waals surface area contributed by atoms with Crippen molar-refractivity contribution in [2.45, 2.75) is 39.2 Å². The predicted molar refractivity (Wildman–Crippen MR) is 80.0 cm³/mol. The van der Waals surface area contributed by atoms with Crippen molar-refractivity contribution < 1.29 is 5.11 Å². The highest BCUT2D eigenvalue weighted by Gasteiger charge is 2.22. The average molecular weight is 273 g/mol. The van der Waals surface area contributed by atoms with E-state index in [0.29, 0.717) is 12.0 Å². The number of aromatic hydroxyl groups is 1. The summed E-state index contributed by atoms with van der Waals surface area (Å²) in [7, 11) is 0. The normalized spacial score (nSPS) is 20.9. The third kappa shape index (κ3) is 2.80. The molecule has 4 heteroatoms. The Morgan fingerprint density at radius 2 is 2.20 bits per heavy atom. The molecule has 1 unspecified atom stereocenters. The average Bonchev–Trinajstić information content (AvgIpc) is 2.80. The third-order valence-electron chi connectivity index (χ3n) is 4.26. The summed E-state index contributed by atoms with van der Waals surface area (Å²) in [6.45, 7) is 6.95. The first-order valence-corrected chi connectivity index (χ1v) is 7.52. The van der Waals surface area contributed by atoms with Gasteiger partial charge in [0.2, 0.25) is 0 Å². The van der Waals surface area contributed by atoms with E-state index in [0.717, 1.165) is 17.8 Å². The minimum atomic E-state index is 0.282. The zero-order valence-electron chi connectivity index (χ0n) is 12.3. The molecule has 3 rings (SSSR count). The van der Waals surface area contributed by atoms with Crippen molar-refractivity contribution in [3.63, 3.8) is 0 Å². The second-order valence-corrected chi connectivity index (χ2v) is 6.19. The van der Waals surface area contributed by atoms with E-state index in [1.165, 1.54) is 25.9 Å². The van der Waals surface area contributed by atoms with Crippen molar-refractivity contribution in [1.29, 1.82) is 0 Å². The van der Waals surface area contributed by atoms with Crippen molar-refractivity contribution in [2.75, 3.05) is 13.1 Å². The Labute approximate surface area is 120 Å². The first kappa shape index (κ1) is 13.4. The Bertz CT molecular complexity index is 590. The summed E-state index contributed by atoms with van der Waals surface area (Å²) in [5, 5.41) is 9.50. The number of pyridine rings is 1. The van der Waals surface area contributed by atoms with Gasteiger partial charge in [0.1, 0.15) is 11.4 Å². The molecule has 0 aromatic carbocycles. The molecule has 0 amide bonds. The Morgan fingerprint density at radius 3 is 3.00 bits per heavy atom. The van der Waals surface area contributed by atoms with Crippen molar-refractivity contribution in [3.05, 3.63) is 30.2 Å². The van der Waals surface area contributed by atoms with E-state index in [1.807, 2.05) is 16.7 Å². The molecular formula is C16H23N3O. The smallest absolute Gasteiger partial charge is 0.137 e. The van der Waals surface area contributed by atoms with E-state index in [1.54, 1.807) is 12.3 Å². The van der Waals surface area contributed by atoms with Crippen molar-refractivity contribution in [2.24, 2.45) is 5.92 Å². The molecule has 1 N–H and O–H groups in total. The van der Waals surface area contributed by atoms with Crippen LogP contribution in [0.3, 0.4) is 0 Å². The summed E-state index contributed by atoms with van der Waals surface area (Å²) < 4.78 is 1.91. The quantitative estimate of drug-likeness (QED) is 0.934. The van der Waals surface area contributed by atoms with Gasteiger partial charge in [0.15, 0.2) is 0 Å². The highest BCUT2D eigenvalue weighted by Crippen LogP contribution is 2.22. The van der Waals surface area contributed by atoms with Crippen LogP contribution in [-0.4, -0.2) is 38.5 Å². The standard InChI is InChI=1S/C16H23N3O/c1-12(2)18-7-3-4-13(9-18)8-14-10-19-11-15(20)5-6-16(19)17-14/h5-6,10-13,20H,3-4,7-9H2,1-2H3. The van der Waals surface area contributed by atoms with E-state index in [9.17, 15) is 5.11 Å². The molecule has 1 fully saturated rings. The van der Waals surface area contributed by atoms with Crippen molar-refractivity contribution in [1.82, 2.24) is 14.3 Å². The van der Waals surface area contributed by atoms with Gasteiger partial charge >= 0.3 is 0 Å². The minimum Gasteiger partial charge on any atom is -0.506 e. The Kier molecular flexibility index (Phi) is 3.66. The van der Waals surface area contributed by atoms with Gasteiger partial charge in [-0.15, -0.1) is 0 Å². The maximum absolute atomic E-state index is 9.50. The van der Waals surface area contributed by atoms with Gasteiger partial charge in [-0.25, -0.2) is 4.98 Å². The lowest BCUT2D eigenvalue weighted by atomic mass is 9.93. The topological polar surface area (TPSA) is 40.8 Å². The lowest BCUT2D eigenvalue weighted by Crippen LogP contribution is -2.40. The molecule has 3 heterocycles. The van der Waals surface area contributed by atoms with Gasteiger partial charge in [0, 0.05) is 18.8 Å². The van der Waals surface area contributed by atoms with Gasteiger partial charge in [-0.3, -0.25) is 0 Å². The Morgan fingerprint density at radius 1 is 1.35 bits per heavy atom. The maximum atomic E-state index is 9.50. The van der Waals surface area contributed by atoms with E-state index in [2.05, 4.69) is 23.7 Å². The van der Waals surface area contributed by atoms with Crippen LogP contribution >= 0.6 is 0 Å². The molecular weight excluding hydrogens is 250 g/mol. The molecule has 108 valence electrons. The van der Waals surface area contributed by atoms with Crippen LogP contribution in [0.4, 0.5) is 0 Å². The summed E-state index contributed by atoms with van der Waals surface area (Å²) in [6.07, 6.45) is 7.38. The number of hydrogen-bond acceptors (Lipinski definition) is 3. The van der Waals surface area contributed by atoms with Crippen molar-refractivity contribution >= 4 is 5.65 Å². The van der Waals surface area contributed by atoms with Gasteiger partial charge < -0.3 is 14.4 Å². The van der Waals surface area contributed by atoms with Gasteiger partial charge in [-0.1, -0.05) is 0 Å². The molecule has 0 spiro atoms. The summed E-state index contributed by atoms with van der Waals surface area (Å²) in [5.41, 5.74) is 2.04. The van der Waals surface area contributed by atoms with Crippen LogP contribution in [-0.2, 0) is 6.42 Å². The number of likely N-dealkylation sites (tertiary alicyclic amines) is 1. The molecule has 1 saturated heterocycles. The number of rotatable bonds is 3. The molecule has 0 saturated carbocycles. The number of nitrogens with zero attached hydrogens (tertiary/aromatic N) is 3. The molecule has 2 aromatic rings. The van der Waals surface area contributed by atoms with Crippen LogP contribution < -0.4 is 0 Å². The van der Waals surface area contributed by atoms with Crippen LogP contribution in [0.25, 0.3) is 5.65 Å². The lowest BCUT2D eigenvalue weighted by Gasteiger charge is -2.35. The van der Waals surface area contributed by atoms with Crippen LogP contribution in [0.5, 0.6) is 5.75 Å². The molecule has 1 atom stereocenters. The first-order chi connectivity index (χ1) is 9.61. The van der Waals surface area contributed by atoms with E-state index < -0.39 is 0 Å². The number of imidazole rings is 1. The number of hydrogen-bond donors (Lipinski definition) is 1. The number of fused-ring (bicyclic) bond motifs is 1. The number of piperidine rings is 1. The van der Waals surface area contributed by atoms with Crippen LogP contribution in [0.2, 0.25) is 0 Å². The fourth-order valence-corrected chi connectivity index (χ4v) is 3.16. The highest BCUT2D eigenvalue weighted by molar-refractivity contribution is 5.42. The van der Waals surface area contributed by atoms with Crippen LogP contribution in [0, 0.1) is 5.92 Å². The molecule has 1 aliphatic heterocycles. The van der Waals surface area contributed by atoms with E-state index in [4.69, 9.17) is 0 Å². The molecule has 0 radical (unpaired) electrons. The molecule has 20 heavy (non-hydrogen) atoms. The van der Waals surface area contributed by atoms with Crippen LogP contribution in [0.15, 0.2) is 24.5 Å². The summed E-state index contributed by atoms with van der Waals surface area (Å²) >= 11 is 0. The van der Waals surface area contributed by atoms with Gasteiger partial charge in [0.05, 0.1) is 11.9 Å².